The second kappa shape index (κ2) is 7.15. The van der Waals surface area contributed by atoms with Gasteiger partial charge in [0, 0.05) is 29.4 Å². The van der Waals surface area contributed by atoms with E-state index in [9.17, 15) is 4.79 Å². The Morgan fingerprint density at radius 3 is 2.74 bits per heavy atom. The molecule has 0 unspecified atom stereocenters. The van der Waals surface area contributed by atoms with Gasteiger partial charge in [0.15, 0.2) is 0 Å². The van der Waals surface area contributed by atoms with Crippen LogP contribution in [0.4, 0.5) is 0 Å². The maximum Gasteiger partial charge on any atom is 0.225 e. The molecule has 0 aliphatic heterocycles. The molecule has 2 aromatic heterocycles. The minimum absolute atomic E-state index is 0.0124. The molecule has 0 bridgehead atoms. The van der Waals surface area contributed by atoms with Crippen molar-refractivity contribution in [3.05, 3.63) is 71.0 Å². The number of amides is 1. The Labute approximate surface area is 139 Å². The van der Waals surface area contributed by atoms with Crippen LogP contribution in [0.15, 0.2) is 54.9 Å². The number of nitrogens with zero attached hydrogens (tertiary/aromatic N) is 2. The van der Waals surface area contributed by atoms with Gasteiger partial charge in [0.05, 0.1) is 12.1 Å². The van der Waals surface area contributed by atoms with Crippen LogP contribution in [-0.2, 0) is 17.8 Å². The summed E-state index contributed by atoms with van der Waals surface area (Å²) in [6.45, 7) is 2.49. The normalized spacial score (nSPS) is 10.5. The van der Waals surface area contributed by atoms with E-state index in [-0.39, 0.29) is 5.91 Å². The van der Waals surface area contributed by atoms with Gasteiger partial charge in [-0.05, 0) is 24.6 Å². The van der Waals surface area contributed by atoms with Crippen molar-refractivity contribution in [2.75, 3.05) is 0 Å². The molecule has 5 heteroatoms. The van der Waals surface area contributed by atoms with Gasteiger partial charge in [-0.15, -0.1) is 11.3 Å². The van der Waals surface area contributed by atoms with E-state index in [2.05, 4.69) is 15.3 Å². The van der Waals surface area contributed by atoms with E-state index in [0.29, 0.717) is 13.0 Å². The Hall–Kier alpha value is -2.53. The van der Waals surface area contributed by atoms with E-state index < -0.39 is 0 Å². The number of hydrogen-bond acceptors (Lipinski definition) is 4. The summed E-state index contributed by atoms with van der Waals surface area (Å²) in [5, 5.41) is 3.86. The highest BCUT2D eigenvalue weighted by Crippen LogP contribution is 2.27. The van der Waals surface area contributed by atoms with Crippen LogP contribution in [0.3, 0.4) is 0 Å². The number of hydrogen-bond donors (Lipinski definition) is 1. The van der Waals surface area contributed by atoms with Crippen molar-refractivity contribution in [1.29, 1.82) is 0 Å². The number of carbonyl (C=O) groups excluding carboxylic acids is 1. The van der Waals surface area contributed by atoms with Crippen molar-refractivity contribution >= 4 is 17.2 Å². The molecule has 1 N–H and O–H groups in total. The van der Waals surface area contributed by atoms with E-state index in [1.807, 2.05) is 49.4 Å². The van der Waals surface area contributed by atoms with Gasteiger partial charge in [0.25, 0.3) is 0 Å². The number of aryl methyl sites for hydroxylation is 1. The molecule has 2 heterocycles. The van der Waals surface area contributed by atoms with Crippen LogP contribution in [0.5, 0.6) is 0 Å². The Balaban J connectivity index is 1.64. The van der Waals surface area contributed by atoms with E-state index >= 15 is 0 Å². The number of benzene rings is 1. The average Bonchev–Trinajstić information content (AvgIpc) is 2.95. The standard InChI is InChI=1S/C18H17N3OS/c1-13-16(23-18(21-13)15-8-5-9-19-12-15)10-17(22)20-11-14-6-3-2-4-7-14/h2-9,12H,10-11H2,1H3,(H,20,22). The van der Waals surface area contributed by atoms with Gasteiger partial charge in [-0.3, -0.25) is 9.78 Å². The van der Waals surface area contributed by atoms with Crippen molar-refractivity contribution < 1.29 is 4.79 Å². The highest BCUT2D eigenvalue weighted by atomic mass is 32.1. The maximum atomic E-state index is 12.1. The molecule has 0 saturated carbocycles. The molecule has 23 heavy (non-hydrogen) atoms. The third-order valence-corrected chi connectivity index (χ3v) is 4.66. The van der Waals surface area contributed by atoms with E-state index in [1.165, 1.54) is 0 Å². The zero-order chi connectivity index (χ0) is 16.1. The molecule has 0 aliphatic carbocycles. The van der Waals surface area contributed by atoms with Crippen LogP contribution in [-0.4, -0.2) is 15.9 Å². The first-order valence-electron chi connectivity index (χ1n) is 7.39. The molecule has 4 nitrogen and oxygen atoms in total. The molecule has 3 aromatic rings. The molecule has 0 aliphatic rings. The van der Waals surface area contributed by atoms with Gasteiger partial charge in [0.1, 0.15) is 5.01 Å². The summed E-state index contributed by atoms with van der Waals surface area (Å²) in [6, 6.07) is 13.8. The molecule has 0 radical (unpaired) electrons. The number of thiazole rings is 1. The lowest BCUT2D eigenvalue weighted by atomic mass is 10.2. The summed E-state index contributed by atoms with van der Waals surface area (Å²) in [6.07, 6.45) is 3.88. The van der Waals surface area contributed by atoms with Crippen LogP contribution in [0.25, 0.3) is 10.6 Å². The fraction of sp³-hybridized carbons (Fsp3) is 0.167. The summed E-state index contributed by atoms with van der Waals surface area (Å²) in [4.78, 5) is 21.8. The molecule has 0 atom stereocenters. The van der Waals surface area contributed by atoms with Crippen LogP contribution >= 0.6 is 11.3 Å². The lowest BCUT2D eigenvalue weighted by Gasteiger charge is -2.04. The van der Waals surface area contributed by atoms with Crippen molar-refractivity contribution in [3.63, 3.8) is 0 Å². The third-order valence-electron chi connectivity index (χ3n) is 3.45. The summed E-state index contributed by atoms with van der Waals surface area (Å²) in [5.74, 6) is 0.0124. The number of nitrogens with one attached hydrogen (secondary N) is 1. The third kappa shape index (κ3) is 4.02. The molecule has 0 saturated heterocycles. The Kier molecular flexibility index (Phi) is 4.78. The van der Waals surface area contributed by atoms with Gasteiger partial charge in [-0.1, -0.05) is 30.3 Å². The Morgan fingerprint density at radius 2 is 2.00 bits per heavy atom. The molecule has 1 aromatic carbocycles. The second-order valence-corrected chi connectivity index (χ2v) is 6.29. The molecule has 3 rings (SSSR count). The quantitative estimate of drug-likeness (QED) is 0.783. The monoisotopic (exact) mass is 323 g/mol. The maximum absolute atomic E-state index is 12.1. The highest BCUT2D eigenvalue weighted by Gasteiger charge is 2.13. The van der Waals surface area contributed by atoms with Gasteiger partial charge >= 0.3 is 0 Å². The Bertz CT molecular complexity index is 785. The fourth-order valence-corrected chi connectivity index (χ4v) is 3.26. The van der Waals surface area contributed by atoms with Crippen LogP contribution in [0.1, 0.15) is 16.1 Å². The molecule has 116 valence electrons. The first-order valence-corrected chi connectivity index (χ1v) is 8.21. The highest BCUT2D eigenvalue weighted by molar-refractivity contribution is 7.15. The predicted octanol–water partition coefficient (Wildman–Crippen LogP) is 3.37. The lowest BCUT2D eigenvalue weighted by Crippen LogP contribution is -2.24. The van der Waals surface area contributed by atoms with Crippen LogP contribution in [0.2, 0.25) is 0 Å². The van der Waals surface area contributed by atoms with Gasteiger partial charge in [-0.2, -0.15) is 0 Å². The van der Waals surface area contributed by atoms with Crippen molar-refractivity contribution in [2.45, 2.75) is 19.9 Å². The minimum Gasteiger partial charge on any atom is -0.352 e. The van der Waals surface area contributed by atoms with Crippen molar-refractivity contribution in [2.24, 2.45) is 0 Å². The van der Waals surface area contributed by atoms with E-state index in [0.717, 1.165) is 26.7 Å². The Morgan fingerprint density at radius 1 is 1.17 bits per heavy atom. The van der Waals surface area contributed by atoms with Gasteiger partial charge in [0.2, 0.25) is 5.91 Å². The zero-order valence-electron chi connectivity index (χ0n) is 12.8. The topological polar surface area (TPSA) is 54.9 Å². The van der Waals surface area contributed by atoms with Gasteiger partial charge < -0.3 is 5.32 Å². The summed E-state index contributed by atoms with van der Waals surface area (Å²) >= 11 is 1.55. The molecule has 0 spiro atoms. The largest absolute Gasteiger partial charge is 0.352 e. The van der Waals surface area contributed by atoms with Crippen LogP contribution in [0, 0.1) is 6.92 Å². The summed E-state index contributed by atoms with van der Waals surface area (Å²) < 4.78 is 0. The molecular weight excluding hydrogens is 306 g/mol. The van der Waals surface area contributed by atoms with E-state index in [1.54, 1.807) is 23.7 Å². The number of pyridine rings is 1. The predicted molar refractivity (Wildman–Crippen MR) is 92.1 cm³/mol. The molecular formula is C18H17N3OS. The fourth-order valence-electron chi connectivity index (χ4n) is 2.21. The smallest absolute Gasteiger partial charge is 0.225 e. The number of carbonyl (C=O) groups is 1. The SMILES string of the molecule is Cc1nc(-c2cccnc2)sc1CC(=O)NCc1ccccc1. The van der Waals surface area contributed by atoms with Gasteiger partial charge in [-0.25, -0.2) is 4.98 Å². The van der Waals surface area contributed by atoms with E-state index in [4.69, 9.17) is 0 Å². The lowest BCUT2D eigenvalue weighted by molar-refractivity contribution is -0.120. The van der Waals surface area contributed by atoms with Crippen molar-refractivity contribution in [1.82, 2.24) is 15.3 Å². The molecule has 1 amide bonds. The van der Waals surface area contributed by atoms with Crippen LogP contribution < -0.4 is 5.32 Å². The molecule has 0 fully saturated rings. The number of aromatic nitrogens is 2. The second-order valence-electron chi connectivity index (χ2n) is 5.21. The number of rotatable bonds is 5. The minimum atomic E-state index is 0.0124. The van der Waals surface area contributed by atoms with Crippen molar-refractivity contribution in [3.8, 4) is 10.6 Å². The average molecular weight is 323 g/mol. The summed E-state index contributed by atoms with van der Waals surface area (Å²) in [7, 11) is 0. The first-order chi connectivity index (χ1) is 11.2. The first kappa shape index (κ1) is 15.4. The zero-order valence-corrected chi connectivity index (χ0v) is 13.6. The summed E-state index contributed by atoms with van der Waals surface area (Å²) in [5.41, 5.74) is 2.98.